The summed E-state index contributed by atoms with van der Waals surface area (Å²) in [5.41, 5.74) is 3.12. The van der Waals surface area contributed by atoms with Gasteiger partial charge in [-0.15, -0.1) is 0 Å². The largest absolute Gasteiger partial charge is 0.317 e. The fraction of sp³-hybridized carbons (Fsp3) is 0.533. The lowest BCUT2D eigenvalue weighted by molar-refractivity contribution is 0.563. The Hall–Kier alpha value is -0.820. The van der Waals surface area contributed by atoms with Gasteiger partial charge in [-0.1, -0.05) is 45.0 Å². The summed E-state index contributed by atoms with van der Waals surface area (Å²) in [6.45, 7) is 9.06. The van der Waals surface area contributed by atoms with Crippen LogP contribution in [0.3, 0.4) is 0 Å². The predicted octanol–water partition coefficient (Wildman–Crippen LogP) is 3.29. The van der Waals surface area contributed by atoms with Crippen LogP contribution >= 0.6 is 0 Å². The van der Waals surface area contributed by atoms with Crippen molar-refractivity contribution in [2.75, 3.05) is 13.1 Å². The highest BCUT2D eigenvalue weighted by Gasteiger charge is 2.17. The molecular formula is C15H22N. The molecule has 87 valence electrons. The summed E-state index contributed by atoms with van der Waals surface area (Å²) in [6.07, 6.45) is 2.41. The minimum atomic E-state index is 0.261. The number of nitrogens with one attached hydrogen (secondary N) is 1. The Morgan fingerprint density at radius 1 is 0.938 bits per heavy atom. The van der Waals surface area contributed by atoms with E-state index in [1.54, 1.807) is 5.92 Å². The average Bonchev–Trinajstić information content (AvgIpc) is 2.29. The molecule has 16 heavy (non-hydrogen) atoms. The Balaban J connectivity index is 2.12. The molecule has 1 heterocycles. The Kier molecular flexibility index (Phi) is 3.34. The molecule has 1 radical (unpaired) electrons. The molecule has 0 atom stereocenters. The molecule has 1 aliphatic heterocycles. The average molecular weight is 216 g/mol. The van der Waals surface area contributed by atoms with Crippen molar-refractivity contribution in [2.45, 2.75) is 39.0 Å². The van der Waals surface area contributed by atoms with E-state index in [1.807, 2.05) is 0 Å². The zero-order chi connectivity index (χ0) is 11.6. The molecule has 0 spiro atoms. The maximum absolute atomic E-state index is 3.40. The van der Waals surface area contributed by atoms with Crippen LogP contribution in [0.15, 0.2) is 24.3 Å². The fourth-order valence-electron chi connectivity index (χ4n) is 2.22. The molecule has 0 unspecified atom stereocenters. The minimum absolute atomic E-state index is 0.261. The van der Waals surface area contributed by atoms with E-state index in [1.165, 1.54) is 24.0 Å². The van der Waals surface area contributed by atoms with Gasteiger partial charge in [-0.2, -0.15) is 0 Å². The number of piperidine rings is 1. The first-order valence-electron chi connectivity index (χ1n) is 6.24. The van der Waals surface area contributed by atoms with Crippen molar-refractivity contribution in [3.63, 3.8) is 0 Å². The lowest BCUT2D eigenvalue weighted by Gasteiger charge is -2.24. The van der Waals surface area contributed by atoms with E-state index >= 15 is 0 Å². The number of hydrogen-bond acceptors (Lipinski definition) is 1. The first-order chi connectivity index (χ1) is 7.57. The van der Waals surface area contributed by atoms with Crippen LogP contribution in [0.4, 0.5) is 0 Å². The summed E-state index contributed by atoms with van der Waals surface area (Å²) in [4.78, 5) is 0. The normalized spacial score (nSPS) is 18.7. The van der Waals surface area contributed by atoms with Crippen molar-refractivity contribution in [3.8, 4) is 0 Å². The van der Waals surface area contributed by atoms with Gasteiger partial charge in [0, 0.05) is 5.92 Å². The standard InChI is InChI=1S/C15H22N/c1-15(2,3)14-6-4-12(5-7-14)13-8-10-16-11-9-13/h4-7,16H,8-11H2,1-3H3. The molecule has 0 aromatic heterocycles. The molecule has 1 heteroatoms. The molecule has 1 N–H and O–H groups in total. The van der Waals surface area contributed by atoms with Crippen molar-refractivity contribution >= 4 is 0 Å². The first-order valence-corrected chi connectivity index (χ1v) is 6.24. The zero-order valence-corrected chi connectivity index (χ0v) is 10.6. The molecular weight excluding hydrogens is 194 g/mol. The SMILES string of the molecule is CC(C)(C)c1ccc([C]2CCNCC2)cc1. The highest BCUT2D eigenvalue weighted by atomic mass is 14.9. The molecule has 1 saturated heterocycles. The van der Waals surface area contributed by atoms with Crippen LogP contribution in [-0.4, -0.2) is 13.1 Å². The topological polar surface area (TPSA) is 12.0 Å². The van der Waals surface area contributed by atoms with Gasteiger partial charge >= 0.3 is 0 Å². The summed E-state index contributed by atoms with van der Waals surface area (Å²) < 4.78 is 0. The van der Waals surface area contributed by atoms with Crippen LogP contribution in [0.5, 0.6) is 0 Å². The molecule has 1 nitrogen and oxygen atoms in total. The highest BCUT2D eigenvalue weighted by molar-refractivity contribution is 5.36. The van der Waals surface area contributed by atoms with Gasteiger partial charge in [0.15, 0.2) is 0 Å². The van der Waals surface area contributed by atoms with E-state index in [0.29, 0.717) is 0 Å². The Morgan fingerprint density at radius 3 is 2.00 bits per heavy atom. The first kappa shape index (κ1) is 11.7. The van der Waals surface area contributed by atoms with Crippen LogP contribution < -0.4 is 5.32 Å². The second-order valence-corrected chi connectivity index (χ2v) is 5.68. The van der Waals surface area contributed by atoms with E-state index in [0.717, 1.165) is 13.1 Å². The molecule has 1 aliphatic rings. The van der Waals surface area contributed by atoms with Gasteiger partial charge < -0.3 is 5.32 Å². The molecule has 0 saturated carbocycles. The summed E-state index contributed by atoms with van der Waals surface area (Å²) in [7, 11) is 0. The molecule has 1 aromatic carbocycles. The van der Waals surface area contributed by atoms with Crippen molar-refractivity contribution in [3.05, 3.63) is 41.3 Å². The predicted molar refractivity (Wildman–Crippen MR) is 69.6 cm³/mol. The van der Waals surface area contributed by atoms with E-state index in [9.17, 15) is 0 Å². The highest BCUT2D eigenvalue weighted by Crippen LogP contribution is 2.27. The molecule has 0 amide bonds. The van der Waals surface area contributed by atoms with Gasteiger partial charge in [-0.3, -0.25) is 0 Å². The zero-order valence-electron chi connectivity index (χ0n) is 10.6. The minimum Gasteiger partial charge on any atom is -0.317 e. The summed E-state index contributed by atoms with van der Waals surface area (Å²) in [5, 5.41) is 3.40. The lowest BCUT2D eigenvalue weighted by Crippen LogP contribution is -2.27. The molecule has 2 rings (SSSR count). The van der Waals surface area contributed by atoms with Gasteiger partial charge in [0.05, 0.1) is 0 Å². The van der Waals surface area contributed by atoms with Crippen LogP contribution in [0.25, 0.3) is 0 Å². The summed E-state index contributed by atoms with van der Waals surface area (Å²) >= 11 is 0. The molecule has 1 aromatic rings. The van der Waals surface area contributed by atoms with Crippen LogP contribution in [0.2, 0.25) is 0 Å². The van der Waals surface area contributed by atoms with Gasteiger partial charge in [0.1, 0.15) is 0 Å². The monoisotopic (exact) mass is 216 g/mol. The third-order valence-electron chi connectivity index (χ3n) is 3.37. The fourth-order valence-corrected chi connectivity index (χ4v) is 2.22. The van der Waals surface area contributed by atoms with Crippen LogP contribution in [0, 0.1) is 5.92 Å². The number of rotatable bonds is 1. The molecule has 0 aliphatic carbocycles. The van der Waals surface area contributed by atoms with Crippen LogP contribution in [-0.2, 0) is 5.41 Å². The Labute approximate surface area is 99.3 Å². The van der Waals surface area contributed by atoms with E-state index in [4.69, 9.17) is 0 Å². The second kappa shape index (κ2) is 4.58. The van der Waals surface area contributed by atoms with Crippen molar-refractivity contribution in [1.29, 1.82) is 0 Å². The maximum Gasteiger partial charge on any atom is 0.00748 e. The van der Waals surface area contributed by atoms with Crippen molar-refractivity contribution in [1.82, 2.24) is 5.32 Å². The Morgan fingerprint density at radius 2 is 1.50 bits per heavy atom. The summed E-state index contributed by atoms with van der Waals surface area (Å²) in [5.74, 6) is 1.61. The Bertz CT molecular complexity index is 325. The quantitative estimate of drug-likeness (QED) is 0.759. The van der Waals surface area contributed by atoms with E-state index < -0.39 is 0 Å². The molecule has 1 fully saturated rings. The van der Waals surface area contributed by atoms with Gasteiger partial charge in [0.2, 0.25) is 0 Å². The number of benzene rings is 1. The van der Waals surface area contributed by atoms with Crippen LogP contribution in [0.1, 0.15) is 44.7 Å². The maximum atomic E-state index is 3.40. The third kappa shape index (κ3) is 2.65. The van der Waals surface area contributed by atoms with Crippen molar-refractivity contribution in [2.24, 2.45) is 0 Å². The van der Waals surface area contributed by atoms with Gasteiger partial charge in [0.25, 0.3) is 0 Å². The molecule has 0 bridgehead atoms. The smallest absolute Gasteiger partial charge is 0.00748 e. The van der Waals surface area contributed by atoms with Gasteiger partial charge in [-0.05, 0) is 42.5 Å². The second-order valence-electron chi connectivity index (χ2n) is 5.68. The van der Waals surface area contributed by atoms with Gasteiger partial charge in [-0.25, -0.2) is 0 Å². The van der Waals surface area contributed by atoms with Crippen molar-refractivity contribution < 1.29 is 0 Å². The number of hydrogen-bond donors (Lipinski definition) is 1. The summed E-state index contributed by atoms with van der Waals surface area (Å²) in [6, 6.07) is 9.15. The van der Waals surface area contributed by atoms with E-state index in [-0.39, 0.29) is 5.41 Å². The third-order valence-corrected chi connectivity index (χ3v) is 3.37. The lowest BCUT2D eigenvalue weighted by atomic mass is 9.84. The van der Waals surface area contributed by atoms with E-state index in [2.05, 4.69) is 50.4 Å².